The maximum absolute atomic E-state index is 13.6. The molecule has 3 aromatic heterocycles. The Hall–Kier alpha value is -1.67. The van der Waals surface area contributed by atoms with Gasteiger partial charge in [-0.05, 0) is 44.1 Å². The summed E-state index contributed by atoms with van der Waals surface area (Å²) in [4.78, 5) is 25.3. The minimum atomic E-state index is 0.168. The van der Waals surface area contributed by atoms with E-state index in [0.29, 0.717) is 17.5 Å². The molecule has 8 heteroatoms. The molecule has 0 N–H and O–H groups in total. The summed E-state index contributed by atoms with van der Waals surface area (Å²) >= 11 is 3.28. The first-order valence-electron chi connectivity index (χ1n) is 10.3. The molecule has 0 unspecified atom stereocenters. The smallest absolute Gasteiger partial charge is 0.263 e. The van der Waals surface area contributed by atoms with Crippen LogP contribution in [-0.4, -0.2) is 19.7 Å². The monoisotopic (exact) mass is 416 g/mol. The molecule has 3 aromatic rings. The SMILES string of the molecule is CCc1nc(CSc2nc3sc4c(c3c(=O)n2C2CCCC2)CCCC4)no1. The summed E-state index contributed by atoms with van der Waals surface area (Å²) < 4.78 is 7.21. The third-order valence-electron chi connectivity index (χ3n) is 5.82. The van der Waals surface area contributed by atoms with Crippen LogP contribution in [0.3, 0.4) is 0 Å². The average molecular weight is 417 g/mol. The van der Waals surface area contributed by atoms with Crippen LogP contribution in [0, 0.1) is 0 Å². The van der Waals surface area contributed by atoms with Crippen molar-refractivity contribution in [1.29, 1.82) is 0 Å². The van der Waals surface area contributed by atoms with Gasteiger partial charge in [0, 0.05) is 17.3 Å². The molecular weight excluding hydrogens is 392 g/mol. The molecule has 0 amide bonds. The summed E-state index contributed by atoms with van der Waals surface area (Å²) in [6, 6.07) is 0.266. The lowest BCUT2D eigenvalue weighted by Gasteiger charge is -2.18. The number of rotatable bonds is 5. The van der Waals surface area contributed by atoms with Crippen molar-refractivity contribution in [3.05, 3.63) is 32.5 Å². The van der Waals surface area contributed by atoms with E-state index < -0.39 is 0 Å². The van der Waals surface area contributed by atoms with Crippen LogP contribution in [0.25, 0.3) is 10.2 Å². The van der Waals surface area contributed by atoms with E-state index in [2.05, 4.69) is 10.1 Å². The second kappa shape index (κ2) is 7.63. The van der Waals surface area contributed by atoms with Crippen LogP contribution in [0.2, 0.25) is 0 Å². The van der Waals surface area contributed by atoms with Gasteiger partial charge in [0.15, 0.2) is 11.0 Å². The van der Waals surface area contributed by atoms with Gasteiger partial charge >= 0.3 is 0 Å². The Kier molecular flexibility index (Phi) is 5.00. The molecule has 0 aliphatic heterocycles. The van der Waals surface area contributed by atoms with Gasteiger partial charge in [0.2, 0.25) is 5.89 Å². The first-order chi connectivity index (χ1) is 13.7. The van der Waals surface area contributed by atoms with Gasteiger partial charge in [-0.25, -0.2) is 4.98 Å². The lowest BCUT2D eigenvalue weighted by Crippen LogP contribution is -2.26. The Balaban J connectivity index is 1.57. The first kappa shape index (κ1) is 18.4. The first-order valence-corrected chi connectivity index (χ1v) is 12.1. The van der Waals surface area contributed by atoms with E-state index in [1.807, 2.05) is 11.5 Å². The van der Waals surface area contributed by atoms with Crippen LogP contribution >= 0.6 is 23.1 Å². The molecular formula is C20H24N4O2S2. The molecule has 0 bridgehead atoms. The quantitative estimate of drug-likeness (QED) is 0.444. The van der Waals surface area contributed by atoms with Gasteiger partial charge < -0.3 is 4.52 Å². The highest BCUT2D eigenvalue weighted by molar-refractivity contribution is 7.98. The van der Waals surface area contributed by atoms with Crippen molar-refractivity contribution < 1.29 is 4.52 Å². The number of aromatic nitrogens is 4. The van der Waals surface area contributed by atoms with Crippen LogP contribution in [0.5, 0.6) is 0 Å². The van der Waals surface area contributed by atoms with Gasteiger partial charge in [-0.3, -0.25) is 9.36 Å². The summed E-state index contributed by atoms with van der Waals surface area (Å²) in [6.45, 7) is 2.00. The van der Waals surface area contributed by atoms with Crippen LogP contribution < -0.4 is 5.56 Å². The number of hydrogen-bond acceptors (Lipinski definition) is 7. The van der Waals surface area contributed by atoms with E-state index in [9.17, 15) is 4.79 Å². The summed E-state index contributed by atoms with van der Waals surface area (Å²) in [6.07, 6.45) is 9.74. The zero-order valence-electron chi connectivity index (χ0n) is 16.1. The van der Waals surface area contributed by atoms with Crippen molar-refractivity contribution in [1.82, 2.24) is 19.7 Å². The molecule has 1 saturated carbocycles. The third kappa shape index (κ3) is 3.20. The highest BCUT2D eigenvalue weighted by Crippen LogP contribution is 2.37. The lowest BCUT2D eigenvalue weighted by atomic mass is 9.97. The van der Waals surface area contributed by atoms with Gasteiger partial charge in [-0.2, -0.15) is 4.98 Å². The lowest BCUT2D eigenvalue weighted by molar-refractivity contribution is 0.378. The second-order valence-electron chi connectivity index (χ2n) is 7.65. The van der Waals surface area contributed by atoms with Crippen LogP contribution in [0.15, 0.2) is 14.5 Å². The maximum atomic E-state index is 13.6. The topological polar surface area (TPSA) is 73.8 Å². The summed E-state index contributed by atoms with van der Waals surface area (Å²) in [7, 11) is 0. The third-order valence-corrected chi connectivity index (χ3v) is 7.96. The fraction of sp³-hybridized carbons (Fsp3) is 0.600. The van der Waals surface area contributed by atoms with Crippen molar-refractivity contribution >= 4 is 33.3 Å². The number of aryl methyl sites for hydroxylation is 3. The fourth-order valence-electron chi connectivity index (χ4n) is 4.41. The number of fused-ring (bicyclic) bond motifs is 3. The molecule has 1 fully saturated rings. The van der Waals surface area contributed by atoms with E-state index in [4.69, 9.17) is 9.51 Å². The Bertz CT molecular complexity index is 1060. The zero-order chi connectivity index (χ0) is 19.1. The highest BCUT2D eigenvalue weighted by atomic mass is 32.2. The zero-order valence-corrected chi connectivity index (χ0v) is 17.7. The minimum absolute atomic E-state index is 0.168. The Morgan fingerprint density at radius 2 is 2.00 bits per heavy atom. The minimum Gasteiger partial charge on any atom is -0.339 e. The predicted octanol–water partition coefficient (Wildman–Crippen LogP) is 4.69. The van der Waals surface area contributed by atoms with Gasteiger partial charge in [-0.1, -0.05) is 36.7 Å². The molecule has 0 aromatic carbocycles. The van der Waals surface area contributed by atoms with Crippen molar-refractivity contribution in [3.63, 3.8) is 0 Å². The molecule has 0 atom stereocenters. The summed E-state index contributed by atoms with van der Waals surface area (Å²) in [5, 5.41) is 5.75. The van der Waals surface area contributed by atoms with Gasteiger partial charge in [0.25, 0.3) is 5.56 Å². The van der Waals surface area contributed by atoms with Crippen molar-refractivity contribution in [3.8, 4) is 0 Å². The second-order valence-corrected chi connectivity index (χ2v) is 9.67. The number of thioether (sulfide) groups is 1. The molecule has 5 rings (SSSR count). The van der Waals surface area contributed by atoms with E-state index in [1.165, 1.54) is 36.1 Å². The Morgan fingerprint density at radius 1 is 1.18 bits per heavy atom. The Labute approximate surface area is 171 Å². The molecule has 2 aliphatic rings. The molecule has 148 valence electrons. The fourth-order valence-corrected chi connectivity index (χ4v) is 6.62. The molecule has 3 heterocycles. The summed E-state index contributed by atoms with van der Waals surface area (Å²) in [5.74, 6) is 1.89. The van der Waals surface area contributed by atoms with E-state index >= 15 is 0 Å². The molecule has 0 saturated heterocycles. The van der Waals surface area contributed by atoms with E-state index in [-0.39, 0.29) is 11.6 Å². The molecule has 28 heavy (non-hydrogen) atoms. The molecule has 2 aliphatic carbocycles. The largest absolute Gasteiger partial charge is 0.339 e. The predicted molar refractivity (Wildman–Crippen MR) is 111 cm³/mol. The van der Waals surface area contributed by atoms with Crippen LogP contribution in [0.4, 0.5) is 0 Å². The van der Waals surface area contributed by atoms with Crippen molar-refractivity contribution in [2.24, 2.45) is 0 Å². The average Bonchev–Trinajstić information content (AvgIpc) is 3.45. The summed E-state index contributed by atoms with van der Waals surface area (Å²) in [5.41, 5.74) is 1.44. The van der Waals surface area contributed by atoms with Crippen molar-refractivity contribution in [2.75, 3.05) is 0 Å². The molecule has 0 spiro atoms. The van der Waals surface area contributed by atoms with E-state index in [0.717, 1.165) is 47.5 Å². The Morgan fingerprint density at radius 3 is 2.79 bits per heavy atom. The maximum Gasteiger partial charge on any atom is 0.263 e. The van der Waals surface area contributed by atoms with Crippen LogP contribution in [0.1, 0.15) is 73.6 Å². The molecule has 6 nitrogen and oxygen atoms in total. The number of hydrogen-bond donors (Lipinski definition) is 0. The molecule has 0 radical (unpaired) electrons. The number of nitrogens with zero attached hydrogens (tertiary/aromatic N) is 4. The van der Waals surface area contributed by atoms with E-state index in [1.54, 1.807) is 23.1 Å². The van der Waals surface area contributed by atoms with Gasteiger partial charge in [0.1, 0.15) is 4.83 Å². The van der Waals surface area contributed by atoms with Gasteiger partial charge in [-0.15, -0.1) is 11.3 Å². The van der Waals surface area contributed by atoms with Crippen molar-refractivity contribution in [2.45, 2.75) is 81.7 Å². The standard InChI is InChI=1S/C20H24N4O2S2/c1-2-16-21-15(23-26-16)11-27-20-22-18-17(13-9-5-6-10-14(13)28-18)19(25)24(20)12-7-3-4-8-12/h12H,2-11H2,1H3. The number of thiophene rings is 1. The van der Waals surface area contributed by atoms with Gasteiger partial charge in [0.05, 0.1) is 11.1 Å². The van der Waals surface area contributed by atoms with Crippen LogP contribution in [-0.2, 0) is 25.0 Å². The normalized spacial score (nSPS) is 17.5. The highest BCUT2D eigenvalue weighted by Gasteiger charge is 2.27.